The number of hydrogen-bond acceptors (Lipinski definition) is 4. The average molecular weight is 282 g/mol. The van der Waals surface area contributed by atoms with Crippen molar-refractivity contribution in [1.82, 2.24) is 14.5 Å². The van der Waals surface area contributed by atoms with E-state index >= 15 is 0 Å². The molecule has 0 unspecified atom stereocenters. The normalized spacial score (nSPS) is 10.8. The summed E-state index contributed by atoms with van der Waals surface area (Å²) in [7, 11) is 3.65. The molecule has 0 saturated carbocycles. The van der Waals surface area contributed by atoms with Gasteiger partial charge in [-0.25, -0.2) is 4.98 Å². The highest BCUT2D eigenvalue weighted by Crippen LogP contribution is 2.27. The van der Waals surface area contributed by atoms with E-state index in [0.717, 1.165) is 33.9 Å². The van der Waals surface area contributed by atoms with E-state index in [1.54, 1.807) is 13.3 Å². The molecule has 0 bridgehead atoms. The van der Waals surface area contributed by atoms with E-state index in [4.69, 9.17) is 4.74 Å². The van der Waals surface area contributed by atoms with Crippen LogP contribution in [0.15, 0.2) is 36.7 Å². The van der Waals surface area contributed by atoms with Gasteiger partial charge in [0.15, 0.2) is 0 Å². The van der Waals surface area contributed by atoms with Crippen LogP contribution < -0.4 is 10.1 Å². The standard InChI is InChI=1S/C16H18N4O/c1-11-8-14(18-10-16-17-6-7-20(16)2)13-5-4-12(21-3)9-15(13)19-11/h4-9H,10H2,1-3H3,(H,18,19). The van der Waals surface area contributed by atoms with Crippen LogP contribution in [0.2, 0.25) is 0 Å². The first-order valence-electron chi connectivity index (χ1n) is 6.83. The Kier molecular flexibility index (Phi) is 3.48. The van der Waals surface area contributed by atoms with Gasteiger partial charge >= 0.3 is 0 Å². The summed E-state index contributed by atoms with van der Waals surface area (Å²) < 4.78 is 7.27. The molecule has 108 valence electrons. The lowest BCUT2D eigenvalue weighted by atomic mass is 10.1. The van der Waals surface area contributed by atoms with Crippen LogP contribution in [0.5, 0.6) is 5.75 Å². The monoisotopic (exact) mass is 282 g/mol. The quantitative estimate of drug-likeness (QED) is 0.799. The van der Waals surface area contributed by atoms with E-state index in [-0.39, 0.29) is 0 Å². The highest BCUT2D eigenvalue weighted by atomic mass is 16.5. The van der Waals surface area contributed by atoms with Crippen molar-refractivity contribution >= 4 is 16.6 Å². The van der Waals surface area contributed by atoms with Crippen molar-refractivity contribution in [2.75, 3.05) is 12.4 Å². The largest absolute Gasteiger partial charge is 0.497 e. The van der Waals surface area contributed by atoms with E-state index in [1.807, 2.05) is 42.9 Å². The number of nitrogens with zero attached hydrogens (tertiary/aromatic N) is 3. The number of pyridine rings is 1. The number of aryl methyl sites for hydroxylation is 2. The SMILES string of the molecule is COc1ccc2c(NCc3nccn3C)cc(C)nc2c1. The van der Waals surface area contributed by atoms with Gasteiger partial charge in [0, 0.05) is 42.3 Å². The number of hydrogen-bond donors (Lipinski definition) is 1. The number of nitrogens with one attached hydrogen (secondary N) is 1. The maximum atomic E-state index is 5.26. The van der Waals surface area contributed by atoms with Gasteiger partial charge in [0.25, 0.3) is 0 Å². The average Bonchev–Trinajstić information content (AvgIpc) is 2.89. The number of ether oxygens (including phenoxy) is 1. The van der Waals surface area contributed by atoms with Crippen LogP contribution in [0.25, 0.3) is 10.9 Å². The molecule has 21 heavy (non-hydrogen) atoms. The first kappa shape index (κ1) is 13.4. The summed E-state index contributed by atoms with van der Waals surface area (Å²) in [5.74, 6) is 1.81. The molecule has 0 spiro atoms. The van der Waals surface area contributed by atoms with Crippen LogP contribution in [0.1, 0.15) is 11.5 Å². The molecule has 0 aliphatic carbocycles. The molecule has 0 aliphatic heterocycles. The number of fused-ring (bicyclic) bond motifs is 1. The second kappa shape index (κ2) is 5.44. The van der Waals surface area contributed by atoms with Crippen LogP contribution in [-0.2, 0) is 13.6 Å². The fourth-order valence-electron chi connectivity index (χ4n) is 2.35. The molecule has 1 aromatic carbocycles. The third kappa shape index (κ3) is 2.67. The number of rotatable bonds is 4. The molecule has 5 heteroatoms. The molecule has 0 radical (unpaired) electrons. The summed E-state index contributed by atoms with van der Waals surface area (Å²) in [6.07, 6.45) is 3.75. The zero-order chi connectivity index (χ0) is 14.8. The van der Waals surface area contributed by atoms with Gasteiger partial charge in [-0.05, 0) is 25.1 Å². The molecule has 0 fully saturated rings. The fourth-order valence-corrected chi connectivity index (χ4v) is 2.35. The molecule has 3 rings (SSSR count). The van der Waals surface area contributed by atoms with Gasteiger partial charge in [0.05, 0.1) is 19.2 Å². The number of methoxy groups -OCH3 is 1. The molecule has 0 saturated heterocycles. The van der Waals surface area contributed by atoms with Crippen LogP contribution >= 0.6 is 0 Å². The zero-order valence-electron chi connectivity index (χ0n) is 12.4. The number of aromatic nitrogens is 3. The third-order valence-electron chi connectivity index (χ3n) is 3.50. The highest BCUT2D eigenvalue weighted by Gasteiger charge is 2.06. The topological polar surface area (TPSA) is 52.0 Å². The Morgan fingerprint density at radius 2 is 2.14 bits per heavy atom. The molecule has 0 aliphatic rings. The third-order valence-corrected chi connectivity index (χ3v) is 3.50. The van der Waals surface area contributed by atoms with Gasteiger partial charge < -0.3 is 14.6 Å². The smallest absolute Gasteiger partial charge is 0.127 e. The zero-order valence-corrected chi connectivity index (χ0v) is 12.4. The Bertz CT molecular complexity index is 779. The molecule has 0 atom stereocenters. The van der Waals surface area contributed by atoms with Crippen molar-refractivity contribution < 1.29 is 4.74 Å². The molecular weight excluding hydrogens is 264 g/mol. The molecule has 5 nitrogen and oxygen atoms in total. The van der Waals surface area contributed by atoms with Gasteiger partial charge in [0.1, 0.15) is 11.6 Å². The highest BCUT2D eigenvalue weighted by molar-refractivity contribution is 5.92. The lowest BCUT2D eigenvalue weighted by Gasteiger charge is -2.11. The van der Waals surface area contributed by atoms with Crippen molar-refractivity contribution in [3.8, 4) is 5.75 Å². The Hall–Kier alpha value is -2.56. The molecule has 0 amide bonds. The van der Waals surface area contributed by atoms with Gasteiger partial charge in [-0.1, -0.05) is 0 Å². The van der Waals surface area contributed by atoms with Gasteiger partial charge in [-0.3, -0.25) is 4.98 Å². The number of imidazole rings is 1. The lowest BCUT2D eigenvalue weighted by molar-refractivity contribution is 0.415. The van der Waals surface area contributed by atoms with E-state index in [9.17, 15) is 0 Å². The summed E-state index contributed by atoms with van der Waals surface area (Å²) in [6, 6.07) is 7.98. The van der Waals surface area contributed by atoms with E-state index in [2.05, 4.69) is 21.4 Å². The number of anilines is 1. The van der Waals surface area contributed by atoms with E-state index in [0.29, 0.717) is 6.54 Å². The van der Waals surface area contributed by atoms with Gasteiger partial charge in [0.2, 0.25) is 0 Å². The maximum Gasteiger partial charge on any atom is 0.127 e. The van der Waals surface area contributed by atoms with Crippen molar-refractivity contribution in [1.29, 1.82) is 0 Å². The predicted molar refractivity (Wildman–Crippen MR) is 83.6 cm³/mol. The summed E-state index contributed by atoms with van der Waals surface area (Å²) in [6.45, 7) is 2.67. The second-order valence-electron chi connectivity index (χ2n) is 5.00. The Labute approximate surface area is 123 Å². The van der Waals surface area contributed by atoms with Crippen molar-refractivity contribution in [2.24, 2.45) is 7.05 Å². The van der Waals surface area contributed by atoms with Gasteiger partial charge in [-0.15, -0.1) is 0 Å². The van der Waals surface area contributed by atoms with Crippen molar-refractivity contribution in [2.45, 2.75) is 13.5 Å². The molecular formula is C16H18N4O. The molecule has 2 heterocycles. The summed E-state index contributed by atoms with van der Waals surface area (Å²) in [5, 5.41) is 4.52. The Balaban J connectivity index is 1.95. The first-order chi connectivity index (χ1) is 10.2. The Morgan fingerprint density at radius 3 is 2.86 bits per heavy atom. The molecule has 2 aromatic heterocycles. The van der Waals surface area contributed by atoms with Crippen LogP contribution in [0, 0.1) is 6.92 Å². The van der Waals surface area contributed by atoms with Crippen molar-refractivity contribution in [3.05, 3.63) is 48.2 Å². The molecule has 3 aromatic rings. The Morgan fingerprint density at radius 1 is 1.29 bits per heavy atom. The second-order valence-corrected chi connectivity index (χ2v) is 5.00. The number of benzene rings is 1. The van der Waals surface area contributed by atoms with Crippen molar-refractivity contribution in [3.63, 3.8) is 0 Å². The molecule has 1 N–H and O–H groups in total. The fraction of sp³-hybridized carbons (Fsp3) is 0.250. The minimum absolute atomic E-state index is 0.675. The minimum Gasteiger partial charge on any atom is -0.497 e. The lowest BCUT2D eigenvalue weighted by Crippen LogP contribution is -2.06. The summed E-state index contributed by atoms with van der Waals surface area (Å²) in [5.41, 5.74) is 2.96. The summed E-state index contributed by atoms with van der Waals surface area (Å²) in [4.78, 5) is 8.89. The first-order valence-corrected chi connectivity index (χ1v) is 6.83. The summed E-state index contributed by atoms with van der Waals surface area (Å²) >= 11 is 0. The van der Waals surface area contributed by atoms with Crippen LogP contribution in [0.4, 0.5) is 5.69 Å². The van der Waals surface area contributed by atoms with Crippen LogP contribution in [0.3, 0.4) is 0 Å². The van der Waals surface area contributed by atoms with E-state index < -0.39 is 0 Å². The minimum atomic E-state index is 0.675. The maximum absolute atomic E-state index is 5.26. The van der Waals surface area contributed by atoms with Gasteiger partial charge in [-0.2, -0.15) is 0 Å². The van der Waals surface area contributed by atoms with Crippen LogP contribution in [-0.4, -0.2) is 21.6 Å². The van der Waals surface area contributed by atoms with E-state index in [1.165, 1.54) is 0 Å². The predicted octanol–water partition coefficient (Wildman–Crippen LogP) is 2.90.